The molecule has 2 heteroatoms. The maximum Gasteiger partial charge on any atom is 0.0306 e. The number of hydrogen-bond acceptors (Lipinski definition) is 2. The van der Waals surface area contributed by atoms with Crippen LogP contribution in [0.3, 0.4) is 0 Å². The molecular weight excluding hydrogens is 196 g/mol. The van der Waals surface area contributed by atoms with Crippen LogP contribution in [-0.2, 0) is 0 Å². The predicted molar refractivity (Wildman–Crippen MR) is 68.1 cm³/mol. The summed E-state index contributed by atoms with van der Waals surface area (Å²) >= 11 is 0. The van der Waals surface area contributed by atoms with Crippen LogP contribution in [0.2, 0.25) is 0 Å². The molecule has 2 rings (SSSR count). The summed E-state index contributed by atoms with van der Waals surface area (Å²) in [5.41, 5.74) is 7.35. The summed E-state index contributed by atoms with van der Waals surface area (Å²) in [6, 6.07) is 10.5. The van der Waals surface area contributed by atoms with Gasteiger partial charge in [-0.05, 0) is 43.3 Å². The number of nitrogens with two attached hydrogens (primary N) is 1. The van der Waals surface area contributed by atoms with Gasteiger partial charge in [0.1, 0.15) is 0 Å². The Morgan fingerprint density at radius 3 is 2.69 bits per heavy atom. The standard InChI is InChI=1S/C14H22N2/c1-11-9-13(11)10-16-8-7-14(15)12-5-3-2-4-6-12/h2-6,11,13-14,16H,7-10,15H2,1H3. The lowest BCUT2D eigenvalue weighted by Crippen LogP contribution is -2.23. The molecule has 3 atom stereocenters. The monoisotopic (exact) mass is 218 g/mol. The molecule has 1 aromatic carbocycles. The first-order chi connectivity index (χ1) is 7.77. The SMILES string of the molecule is CC1CC1CNCCC(N)c1ccccc1. The van der Waals surface area contributed by atoms with E-state index in [4.69, 9.17) is 5.73 Å². The van der Waals surface area contributed by atoms with E-state index in [1.807, 2.05) is 6.07 Å². The summed E-state index contributed by atoms with van der Waals surface area (Å²) in [5, 5.41) is 3.50. The molecule has 0 aliphatic heterocycles. The molecule has 0 spiro atoms. The summed E-state index contributed by atoms with van der Waals surface area (Å²) in [6.07, 6.45) is 2.42. The second kappa shape index (κ2) is 5.46. The van der Waals surface area contributed by atoms with Crippen molar-refractivity contribution < 1.29 is 0 Å². The highest BCUT2D eigenvalue weighted by Crippen LogP contribution is 2.36. The minimum absolute atomic E-state index is 0.172. The van der Waals surface area contributed by atoms with Gasteiger partial charge in [0.05, 0.1) is 0 Å². The second-order valence-electron chi connectivity index (χ2n) is 4.98. The third-order valence-electron chi connectivity index (χ3n) is 3.54. The lowest BCUT2D eigenvalue weighted by Gasteiger charge is -2.12. The highest BCUT2D eigenvalue weighted by molar-refractivity contribution is 5.18. The van der Waals surface area contributed by atoms with Crippen molar-refractivity contribution in [2.45, 2.75) is 25.8 Å². The highest BCUT2D eigenvalue weighted by Gasteiger charge is 2.31. The molecule has 0 heterocycles. The van der Waals surface area contributed by atoms with Crippen molar-refractivity contribution in [3.63, 3.8) is 0 Å². The van der Waals surface area contributed by atoms with Crippen LogP contribution in [0.5, 0.6) is 0 Å². The molecule has 88 valence electrons. The first-order valence-electron chi connectivity index (χ1n) is 6.28. The Labute approximate surface area is 98.2 Å². The number of hydrogen-bond donors (Lipinski definition) is 2. The lowest BCUT2D eigenvalue weighted by molar-refractivity contribution is 0.553. The minimum atomic E-state index is 0.172. The third-order valence-corrected chi connectivity index (χ3v) is 3.54. The number of rotatable bonds is 6. The Kier molecular flexibility index (Phi) is 3.97. The van der Waals surface area contributed by atoms with Gasteiger partial charge < -0.3 is 11.1 Å². The zero-order valence-electron chi connectivity index (χ0n) is 10.0. The smallest absolute Gasteiger partial charge is 0.0306 e. The van der Waals surface area contributed by atoms with E-state index in [1.165, 1.54) is 18.5 Å². The van der Waals surface area contributed by atoms with Crippen LogP contribution >= 0.6 is 0 Å². The fraction of sp³-hybridized carbons (Fsp3) is 0.571. The Bertz CT molecular complexity index is 310. The Balaban J connectivity index is 1.62. The van der Waals surface area contributed by atoms with E-state index in [0.717, 1.165) is 24.8 Å². The van der Waals surface area contributed by atoms with Crippen molar-refractivity contribution in [1.29, 1.82) is 0 Å². The normalized spacial score (nSPS) is 25.4. The third kappa shape index (κ3) is 3.32. The van der Waals surface area contributed by atoms with Crippen LogP contribution in [0.4, 0.5) is 0 Å². The fourth-order valence-electron chi connectivity index (χ4n) is 2.10. The van der Waals surface area contributed by atoms with Crippen LogP contribution in [0.15, 0.2) is 30.3 Å². The van der Waals surface area contributed by atoms with Gasteiger partial charge in [0.15, 0.2) is 0 Å². The largest absolute Gasteiger partial charge is 0.324 e. The van der Waals surface area contributed by atoms with E-state index < -0.39 is 0 Å². The first-order valence-corrected chi connectivity index (χ1v) is 6.28. The molecule has 3 unspecified atom stereocenters. The summed E-state index contributed by atoms with van der Waals surface area (Å²) in [6.45, 7) is 4.52. The molecule has 0 amide bonds. The maximum absolute atomic E-state index is 6.11. The van der Waals surface area contributed by atoms with E-state index in [1.54, 1.807) is 0 Å². The first kappa shape index (κ1) is 11.6. The summed E-state index contributed by atoms with van der Waals surface area (Å²) in [7, 11) is 0. The van der Waals surface area contributed by atoms with E-state index in [2.05, 4.69) is 36.5 Å². The summed E-state index contributed by atoms with van der Waals surface area (Å²) in [4.78, 5) is 0. The van der Waals surface area contributed by atoms with E-state index in [9.17, 15) is 0 Å². The minimum Gasteiger partial charge on any atom is -0.324 e. The van der Waals surface area contributed by atoms with E-state index >= 15 is 0 Å². The molecule has 0 radical (unpaired) electrons. The molecule has 1 fully saturated rings. The second-order valence-corrected chi connectivity index (χ2v) is 4.98. The molecule has 0 bridgehead atoms. The van der Waals surface area contributed by atoms with Crippen LogP contribution in [0.25, 0.3) is 0 Å². The molecule has 2 nitrogen and oxygen atoms in total. The van der Waals surface area contributed by atoms with Gasteiger partial charge in [0.2, 0.25) is 0 Å². The van der Waals surface area contributed by atoms with Gasteiger partial charge >= 0.3 is 0 Å². The van der Waals surface area contributed by atoms with Crippen LogP contribution in [0.1, 0.15) is 31.4 Å². The van der Waals surface area contributed by atoms with Gasteiger partial charge in [0.25, 0.3) is 0 Å². The molecule has 1 aliphatic rings. The summed E-state index contributed by atoms with van der Waals surface area (Å²) < 4.78 is 0. The quantitative estimate of drug-likeness (QED) is 0.719. The number of nitrogens with one attached hydrogen (secondary N) is 1. The number of benzene rings is 1. The molecule has 0 aromatic heterocycles. The Morgan fingerprint density at radius 1 is 1.38 bits per heavy atom. The predicted octanol–water partition coefficient (Wildman–Crippen LogP) is 2.32. The van der Waals surface area contributed by atoms with Gasteiger partial charge in [-0.2, -0.15) is 0 Å². The van der Waals surface area contributed by atoms with Gasteiger partial charge in [-0.3, -0.25) is 0 Å². The average molecular weight is 218 g/mol. The topological polar surface area (TPSA) is 38.0 Å². The van der Waals surface area contributed by atoms with Gasteiger partial charge in [-0.15, -0.1) is 0 Å². The van der Waals surface area contributed by atoms with Crippen LogP contribution < -0.4 is 11.1 Å². The van der Waals surface area contributed by atoms with Gasteiger partial charge in [0, 0.05) is 6.04 Å². The Morgan fingerprint density at radius 2 is 2.06 bits per heavy atom. The Hall–Kier alpha value is -0.860. The summed E-state index contributed by atoms with van der Waals surface area (Å²) in [5.74, 6) is 1.86. The van der Waals surface area contributed by atoms with Crippen molar-refractivity contribution in [1.82, 2.24) is 5.32 Å². The maximum atomic E-state index is 6.11. The van der Waals surface area contributed by atoms with Gasteiger partial charge in [-0.25, -0.2) is 0 Å². The van der Waals surface area contributed by atoms with Crippen LogP contribution in [-0.4, -0.2) is 13.1 Å². The molecule has 1 aliphatic carbocycles. The molecule has 16 heavy (non-hydrogen) atoms. The van der Waals surface area contributed by atoms with Crippen molar-refractivity contribution in [3.8, 4) is 0 Å². The molecular formula is C14H22N2. The zero-order chi connectivity index (χ0) is 11.4. The lowest BCUT2D eigenvalue weighted by atomic mass is 10.1. The molecule has 0 saturated heterocycles. The van der Waals surface area contributed by atoms with Gasteiger partial charge in [-0.1, -0.05) is 37.3 Å². The molecule has 1 saturated carbocycles. The van der Waals surface area contributed by atoms with Crippen molar-refractivity contribution >= 4 is 0 Å². The average Bonchev–Trinajstić information content (AvgIpc) is 3.02. The van der Waals surface area contributed by atoms with E-state index in [-0.39, 0.29) is 6.04 Å². The fourth-order valence-corrected chi connectivity index (χ4v) is 2.10. The molecule has 1 aromatic rings. The van der Waals surface area contributed by atoms with E-state index in [0.29, 0.717) is 0 Å². The highest BCUT2D eigenvalue weighted by atomic mass is 14.9. The molecule has 3 N–H and O–H groups in total. The van der Waals surface area contributed by atoms with Crippen molar-refractivity contribution in [2.75, 3.05) is 13.1 Å². The van der Waals surface area contributed by atoms with Crippen LogP contribution in [0, 0.1) is 11.8 Å². The van der Waals surface area contributed by atoms with Crippen molar-refractivity contribution in [2.24, 2.45) is 17.6 Å². The zero-order valence-corrected chi connectivity index (χ0v) is 10.0. The van der Waals surface area contributed by atoms with Crippen molar-refractivity contribution in [3.05, 3.63) is 35.9 Å².